The lowest BCUT2D eigenvalue weighted by Crippen LogP contribution is -2.57. The number of amides is 2. The Bertz CT molecular complexity index is 1270. The highest BCUT2D eigenvalue weighted by Gasteiger charge is 2.49. The van der Waals surface area contributed by atoms with Gasteiger partial charge in [-0.15, -0.1) is 0 Å². The van der Waals surface area contributed by atoms with E-state index in [9.17, 15) is 23.5 Å². The number of anilines is 2. The predicted molar refractivity (Wildman–Crippen MR) is 137 cm³/mol. The van der Waals surface area contributed by atoms with Crippen molar-refractivity contribution in [3.63, 3.8) is 0 Å². The van der Waals surface area contributed by atoms with Crippen molar-refractivity contribution in [2.75, 3.05) is 36.5 Å². The van der Waals surface area contributed by atoms with Crippen molar-refractivity contribution in [3.05, 3.63) is 47.2 Å². The van der Waals surface area contributed by atoms with Crippen LogP contribution in [0.1, 0.15) is 62.1 Å². The van der Waals surface area contributed by atoms with E-state index in [2.05, 4.69) is 15.2 Å². The number of aliphatic hydroxyl groups is 1. The zero-order valence-corrected chi connectivity index (χ0v) is 21.4. The summed E-state index contributed by atoms with van der Waals surface area (Å²) in [7, 11) is 0. The molecule has 10 heteroatoms. The molecule has 0 radical (unpaired) electrons. The molecule has 2 N–H and O–H groups in total. The van der Waals surface area contributed by atoms with Crippen molar-refractivity contribution < 1.29 is 28.2 Å². The maximum Gasteiger partial charge on any atom is 0.263 e. The van der Waals surface area contributed by atoms with Crippen LogP contribution in [-0.4, -0.2) is 64.7 Å². The van der Waals surface area contributed by atoms with E-state index in [0.29, 0.717) is 87.6 Å². The number of fused-ring (bicyclic) bond motifs is 3. The van der Waals surface area contributed by atoms with Gasteiger partial charge in [-0.25, -0.2) is 13.8 Å². The molecule has 0 bridgehead atoms. The molecule has 4 aliphatic rings. The van der Waals surface area contributed by atoms with Gasteiger partial charge in [0.25, 0.3) is 6.43 Å². The van der Waals surface area contributed by atoms with Crippen LogP contribution in [0.15, 0.2) is 30.5 Å². The van der Waals surface area contributed by atoms with Gasteiger partial charge < -0.3 is 15.2 Å². The second-order valence-electron chi connectivity index (χ2n) is 11.3. The van der Waals surface area contributed by atoms with Gasteiger partial charge >= 0.3 is 0 Å². The first kappa shape index (κ1) is 25.2. The van der Waals surface area contributed by atoms with Crippen molar-refractivity contribution >= 4 is 23.3 Å². The average molecular weight is 527 g/mol. The molecule has 0 unspecified atom stereocenters. The van der Waals surface area contributed by atoms with E-state index in [4.69, 9.17) is 4.74 Å². The topological polar surface area (TPSA) is 95.0 Å². The lowest BCUT2D eigenvalue weighted by Gasteiger charge is -2.47. The third-order valence-corrected chi connectivity index (χ3v) is 8.62. The third-order valence-electron chi connectivity index (χ3n) is 8.62. The van der Waals surface area contributed by atoms with Crippen LogP contribution in [0.25, 0.3) is 0 Å². The fourth-order valence-electron chi connectivity index (χ4n) is 6.47. The van der Waals surface area contributed by atoms with E-state index in [1.165, 1.54) is 12.1 Å². The number of nitrogens with one attached hydrogen (secondary N) is 1. The summed E-state index contributed by atoms with van der Waals surface area (Å²) in [5.41, 5.74) is 0.772. The first-order valence-corrected chi connectivity index (χ1v) is 13.3. The number of halogens is 2. The maximum atomic E-state index is 13.3. The van der Waals surface area contributed by atoms with Crippen LogP contribution in [0.4, 0.5) is 20.3 Å². The van der Waals surface area contributed by atoms with Crippen LogP contribution in [0.2, 0.25) is 0 Å². The van der Waals surface area contributed by atoms with Crippen LogP contribution in [0.5, 0.6) is 5.75 Å². The van der Waals surface area contributed by atoms with Crippen molar-refractivity contribution in [2.24, 2.45) is 0 Å². The van der Waals surface area contributed by atoms with Gasteiger partial charge in [-0.1, -0.05) is 6.07 Å². The van der Waals surface area contributed by atoms with Crippen molar-refractivity contribution in [2.45, 2.75) is 68.9 Å². The molecule has 2 fully saturated rings. The summed E-state index contributed by atoms with van der Waals surface area (Å²) in [5, 5.41) is 13.0. The SMILES string of the molecule is CC1(O)CC(N2C(=O)CCc3cc(OCCN4CCC5(CC4)C(=O)Nc4ccc(C(F)F)cc45)cnc32)C1. The molecule has 1 saturated carbocycles. The van der Waals surface area contributed by atoms with Gasteiger partial charge in [-0.05, 0) is 81.4 Å². The Balaban J connectivity index is 1.05. The summed E-state index contributed by atoms with van der Waals surface area (Å²) in [6.45, 7) is 4.23. The molecule has 6 rings (SSSR count). The normalized spacial score (nSPS) is 26.2. The summed E-state index contributed by atoms with van der Waals surface area (Å²) in [5.74, 6) is 1.26. The third kappa shape index (κ3) is 4.33. The monoisotopic (exact) mass is 526 g/mol. The van der Waals surface area contributed by atoms with Crippen molar-refractivity contribution in [1.82, 2.24) is 9.88 Å². The quantitative estimate of drug-likeness (QED) is 0.598. The largest absolute Gasteiger partial charge is 0.491 e. The number of ether oxygens (including phenoxy) is 1. The summed E-state index contributed by atoms with van der Waals surface area (Å²) in [6, 6.07) is 6.37. The number of benzene rings is 1. The number of carbonyl (C=O) groups is 2. The van der Waals surface area contributed by atoms with E-state index < -0.39 is 17.4 Å². The Kier molecular flexibility index (Phi) is 6.14. The molecule has 38 heavy (non-hydrogen) atoms. The smallest absolute Gasteiger partial charge is 0.263 e. The molecule has 4 heterocycles. The molecule has 1 saturated heterocycles. The van der Waals surface area contributed by atoms with E-state index >= 15 is 0 Å². The summed E-state index contributed by atoms with van der Waals surface area (Å²) < 4.78 is 32.6. The zero-order chi connectivity index (χ0) is 26.7. The van der Waals surface area contributed by atoms with Crippen molar-refractivity contribution in [3.8, 4) is 5.75 Å². The van der Waals surface area contributed by atoms with Gasteiger partial charge in [0, 0.05) is 30.3 Å². The first-order chi connectivity index (χ1) is 18.1. The molecule has 202 valence electrons. The van der Waals surface area contributed by atoms with Gasteiger partial charge in [-0.3, -0.25) is 19.4 Å². The minimum atomic E-state index is -2.57. The number of alkyl halides is 2. The number of piperidine rings is 1. The highest BCUT2D eigenvalue weighted by Crippen LogP contribution is 2.46. The molecule has 1 aliphatic carbocycles. The summed E-state index contributed by atoms with van der Waals surface area (Å²) in [4.78, 5) is 34.0. The van der Waals surface area contributed by atoms with Gasteiger partial charge in [0.2, 0.25) is 11.8 Å². The van der Waals surface area contributed by atoms with Crippen LogP contribution in [0.3, 0.4) is 0 Å². The highest BCUT2D eigenvalue weighted by atomic mass is 19.3. The Labute approximate surface area is 220 Å². The first-order valence-electron chi connectivity index (χ1n) is 13.3. The lowest BCUT2D eigenvalue weighted by molar-refractivity contribution is -0.123. The molecule has 1 aromatic heterocycles. The van der Waals surface area contributed by atoms with E-state index in [0.717, 1.165) is 5.56 Å². The maximum absolute atomic E-state index is 13.3. The number of nitrogens with zero attached hydrogens (tertiary/aromatic N) is 3. The number of carbonyl (C=O) groups excluding carboxylic acids is 2. The molecule has 2 amide bonds. The van der Waals surface area contributed by atoms with Crippen LogP contribution in [-0.2, 0) is 21.4 Å². The summed E-state index contributed by atoms with van der Waals surface area (Å²) >= 11 is 0. The minimum Gasteiger partial charge on any atom is -0.491 e. The number of aryl methyl sites for hydroxylation is 1. The van der Waals surface area contributed by atoms with Crippen LogP contribution >= 0.6 is 0 Å². The molecule has 2 aromatic rings. The Hall–Kier alpha value is -3.11. The van der Waals surface area contributed by atoms with Crippen LogP contribution in [0, 0.1) is 0 Å². The minimum absolute atomic E-state index is 0.0194. The number of pyridine rings is 1. The number of likely N-dealkylation sites (tertiary alicyclic amines) is 1. The van der Waals surface area contributed by atoms with Gasteiger partial charge in [-0.2, -0.15) is 0 Å². The number of aromatic nitrogens is 1. The zero-order valence-electron chi connectivity index (χ0n) is 21.4. The molecule has 0 atom stereocenters. The van der Waals surface area contributed by atoms with Gasteiger partial charge in [0.05, 0.1) is 17.2 Å². The predicted octanol–water partition coefficient (Wildman–Crippen LogP) is 3.58. The number of rotatable bonds is 6. The fraction of sp³-hybridized carbons (Fsp3) is 0.536. The van der Waals surface area contributed by atoms with Gasteiger partial charge in [0.15, 0.2) is 0 Å². The molecule has 1 spiro atoms. The standard InChI is InChI=1S/C28H32F2N4O4/c1-27(37)14-19(15-27)34-23(35)5-3-18-12-20(16-31-25(18)34)38-11-10-33-8-6-28(7-9-33)21-13-17(24(29)30)2-4-22(21)32-26(28)36/h2,4,12-13,16,19,24,37H,3,5-11,14-15H2,1H3,(H,32,36). The lowest BCUT2D eigenvalue weighted by atomic mass is 9.73. The van der Waals surface area contributed by atoms with Gasteiger partial charge in [0.1, 0.15) is 18.2 Å². The average Bonchev–Trinajstić information content (AvgIpc) is 3.14. The fourth-order valence-corrected chi connectivity index (χ4v) is 6.47. The second-order valence-corrected chi connectivity index (χ2v) is 11.3. The Morgan fingerprint density at radius 1 is 1.18 bits per heavy atom. The number of hydrogen-bond acceptors (Lipinski definition) is 6. The molecular weight excluding hydrogens is 494 g/mol. The molecule has 3 aliphatic heterocycles. The molecular formula is C28H32F2N4O4. The summed E-state index contributed by atoms with van der Waals surface area (Å²) in [6.07, 6.45) is 2.35. The van der Waals surface area contributed by atoms with Crippen LogP contribution < -0.4 is 15.0 Å². The Morgan fingerprint density at radius 2 is 1.95 bits per heavy atom. The van der Waals surface area contributed by atoms with E-state index in [1.54, 1.807) is 24.1 Å². The van der Waals surface area contributed by atoms with E-state index in [1.807, 2.05) is 6.07 Å². The number of hydrogen-bond donors (Lipinski definition) is 2. The second kappa shape index (κ2) is 9.27. The molecule has 1 aromatic carbocycles. The highest BCUT2D eigenvalue weighted by molar-refractivity contribution is 6.06. The molecule has 8 nitrogen and oxygen atoms in total. The Morgan fingerprint density at radius 3 is 2.66 bits per heavy atom. The van der Waals surface area contributed by atoms with E-state index in [-0.39, 0.29) is 23.4 Å². The van der Waals surface area contributed by atoms with Crippen molar-refractivity contribution in [1.29, 1.82) is 0 Å².